The SMILES string of the molecule is CC(=O)C1CCC2C3CCc4cc(O)ccc4C3[C@@H](O)C[C@]12C. The molecule has 1 aromatic rings. The molecule has 1 aromatic carbocycles. The number of Topliss-reactive ketones (excluding diaryl/α,β-unsaturated/α-hetero) is 1. The van der Waals surface area contributed by atoms with Crippen LogP contribution in [0.5, 0.6) is 5.75 Å². The second-order valence-corrected chi connectivity index (χ2v) is 8.24. The summed E-state index contributed by atoms with van der Waals surface area (Å²) in [6, 6.07) is 5.61. The number of phenols is 1. The van der Waals surface area contributed by atoms with Gasteiger partial charge in [0.1, 0.15) is 11.5 Å². The molecular weight excluding hydrogens is 288 g/mol. The first-order valence-corrected chi connectivity index (χ1v) is 8.92. The van der Waals surface area contributed by atoms with E-state index in [0.29, 0.717) is 23.4 Å². The van der Waals surface area contributed by atoms with Gasteiger partial charge in [0, 0.05) is 11.8 Å². The molecule has 2 N–H and O–H groups in total. The number of aliphatic hydroxyl groups is 1. The number of carbonyl (C=O) groups is 1. The Hall–Kier alpha value is -1.35. The lowest BCUT2D eigenvalue weighted by Gasteiger charge is -2.52. The van der Waals surface area contributed by atoms with Crippen molar-refractivity contribution in [2.24, 2.45) is 23.2 Å². The summed E-state index contributed by atoms with van der Waals surface area (Å²) < 4.78 is 0. The van der Waals surface area contributed by atoms with E-state index in [1.807, 2.05) is 12.1 Å². The molecule has 0 saturated heterocycles. The first-order chi connectivity index (χ1) is 10.9. The summed E-state index contributed by atoms with van der Waals surface area (Å²) in [5, 5.41) is 20.7. The number of hydrogen-bond acceptors (Lipinski definition) is 3. The smallest absolute Gasteiger partial charge is 0.133 e. The second kappa shape index (κ2) is 5.07. The van der Waals surface area contributed by atoms with Gasteiger partial charge in [0.05, 0.1) is 6.10 Å². The third-order valence-corrected chi connectivity index (χ3v) is 7.17. The minimum Gasteiger partial charge on any atom is -0.508 e. The zero-order valence-electron chi connectivity index (χ0n) is 14.0. The van der Waals surface area contributed by atoms with Crippen LogP contribution in [-0.2, 0) is 11.2 Å². The molecule has 3 aliphatic rings. The zero-order valence-corrected chi connectivity index (χ0v) is 14.0. The van der Waals surface area contributed by atoms with Crippen LogP contribution < -0.4 is 0 Å². The van der Waals surface area contributed by atoms with E-state index in [1.165, 1.54) is 11.1 Å². The van der Waals surface area contributed by atoms with Crippen LogP contribution in [0.3, 0.4) is 0 Å². The zero-order chi connectivity index (χ0) is 16.4. The first-order valence-electron chi connectivity index (χ1n) is 8.92. The van der Waals surface area contributed by atoms with Gasteiger partial charge in [-0.05, 0) is 79.5 Å². The molecule has 0 spiro atoms. The number of aliphatic hydroxyl groups excluding tert-OH is 1. The summed E-state index contributed by atoms with van der Waals surface area (Å²) in [5.41, 5.74) is 2.37. The normalized spacial score (nSPS) is 41.8. The van der Waals surface area contributed by atoms with E-state index in [9.17, 15) is 15.0 Å². The maximum Gasteiger partial charge on any atom is 0.133 e. The predicted octanol–water partition coefficient (Wildman–Crippen LogP) is 3.42. The van der Waals surface area contributed by atoms with Crippen LogP contribution in [-0.4, -0.2) is 22.1 Å². The molecule has 0 bridgehead atoms. The maximum atomic E-state index is 12.1. The number of ketones is 1. The lowest BCUT2D eigenvalue weighted by atomic mass is 9.53. The Kier molecular flexibility index (Phi) is 3.35. The standard InChI is InChI=1S/C20H26O3/c1-11(21)16-7-8-17-15-5-3-12-9-13(22)4-6-14(12)19(15)18(23)10-20(16,17)2/h4,6,9,15-19,22-23H,3,5,7-8,10H2,1-2H3/t15?,16?,17?,18-,19?,20+/m0/s1. The van der Waals surface area contributed by atoms with E-state index in [4.69, 9.17) is 0 Å². The molecule has 124 valence electrons. The Labute approximate surface area is 137 Å². The number of carbonyl (C=O) groups excluding carboxylic acids is 1. The molecule has 2 saturated carbocycles. The molecule has 2 fully saturated rings. The van der Waals surface area contributed by atoms with Crippen molar-refractivity contribution in [1.82, 2.24) is 0 Å². The average molecular weight is 314 g/mol. The van der Waals surface area contributed by atoms with Crippen molar-refractivity contribution in [3.8, 4) is 5.75 Å². The number of hydrogen-bond donors (Lipinski definition) is 2. The highest BCUT2D eigenvalue weighted by molar-refractivity contribution is 5.79. The van der Waals surface area contributed by atoms with E-state index >= 15 is 0 Å². The first kappa shape index (κ1) is 15.2. The molecule has 0 radical (unpaired) electrons. The molecule has 0 aliphatic heterocycles. The Bertz CT molecular complexity index is 652. The van der Waals surface area contributed by atoms with Gasteiger partial charge in [-0.25, -0.2) is 0 Å². The summed E-state index contributed by atoms with van der Waals surface area (Å²) >= 11 is 0. The Morgan fingerprint density at radius 1 is 1.26 bits per heavy atom. The number of rotatable bonds is 1. The lowest BCUT2D eigenvalue weighted by Crippen LogP contribution is -2.49. The molecule has 3 nitrogen and oxygen atoms in total. The minimum absolute atomic E-state index is 0.0408. The largest absolute Gasteiger partial charge is 0.508 e. The van der Waals surface area contributed by atoms with Crippen LogP contribution >= 0.6 is 0 Å². The molecule has 3 aliphatic carbocycles. The number of aromatic hydroxyl groups is 1. The van der Waals surface area contributed by atoms with Crippen molar-refractivity contribution in [2.45, 2.75) is 58.0 Å². The monoisotopic (exact) mass is 314 g/mol. The van der Waals surface area contributed by atoms with Gasteiger partial charge in [0.25, 0.3) is 0 Å². The summed E-state index contributed by atoms with van der Waals surface area (Å²) in [6.07, 6.45) is 4.46. The van der Waals surface area contributed by atoms with E-state index < -0.39 is 0 Å². The maximum absolute atomic E-state index is 12.1. The Morgan fingerprint density at radius 3 is 2.78 bits per heavy atom. The second-order valence-electron chi connectivity index (χ2n) is 8.24. The van der Waals surface area contributed by atoms with Crippen LogP contribution in [0, 0.1) is 23.2 Å². The van der Waals surface area contributed by atoms with Crippen molar-refractivity contribution in [3.63, 3.8) is 0 Å². The van der Waals surface area contributed by atoms with E-state index in [1.54, 1.807) is 13.0 Å². The molecule has 0 amide bonds. The summed E-state index contributed by atoms with van der Waals surface area (Å²) in [5.74, 6) is 1.89. The van der Waals surface area contributed by atoms with E-state index in [-0.39, 0.29) is 23.4 Å². The third kappa shape index (κ3) is 2.09. The van der Waals surface area contributed by atoms with Gasteiger partial charge < -0.3 is 10.2 Å². The quantitative estimate of drug-likeness (QED) is 0.835. The summed E-state index contributed by atoms with van der Waals surface area (Å²) in [4.78, 5) is 12.1. The summed E-state index contributed by atoms with van der Waals surface area (Å²) in [7, 11) is 0. The molecule has 0 heterocycles. The molecule has 4 rings (SSSR count). The molecule has 3 heteroatoms. The van der Waals surface area contributed by atoms with Crippen molar-refractivity contribution >= 4 is 5.78 Å². The molecule has 6 atom stereocenters. The van der Waals surface area contributed by atoms with Gasteiger partial charge in [-0.2, -0.15) is 0 Å². The minimum atomic E-state index is -0.384. The van der Waals surface area contributed by atoms with Crippen molar-refractivity contribution < 1.29 is 15.0 Å². The number of phenolic OH excluding ortho intramolecular Hbond substituents is 1. The predicted molar refractivity (Wildman–Crippen MR) is 88.3 cm³/mol. The highest BCUT2D eigenvalue weighted by Crippen LogP contribution is 2.63. The lowest BCUT2D eigenvalue weighted by molar-refractivity contribution is -0.128. The van der Waals surface area contributed by atoms with E-state index in [2.05, 4.69) is 6.92 Å². The van der Waals surface area contributed by atoms with Gasteiger partial charge in [-0.3, -0.25) is 4.79 Å². The molecule has 0 aromatic heterocycles. The topological polar surface area (TPSA) is 57.5 Å². The van der Waals surface area contributed by atoms with Crippen molar-refractivity contribution in [1.29, 1.82) is 0 Å². The Balaban J connectivity index is 1.74. The summed E-state index contributed by atoms with van der Waals surface area (Å²) in [6.45, 7) is 3.96. The number of fused-ring (bicyclic) bond motifs is 5. The third-order valence-electron chi connectivity index (χ3n) is 7.17. The van der Waals surface area contributed by atoms with Gasteiger partial charge in [0.15, 0.2) is 0 Å². The fourth-order valence-corrected chi connectivity index (χ4v) is 6.32. The molecule has 23 heavy (non-hydrogen) atoms. The molecule has 4 unspecified atom stereocenters. The fourth-order valence-electron chi connectivity index (χ4n) is 6.32. The average Bonchev–Trinajstić information content (AvgIpc) is 2.83. The van der Waals surface area contributed by atoms with Crippen molar-refractivity contribution in [2.75, 3.05) is 0 Å². The van der Waals surface area contributed by atoms with Gasteiger partial charge in [0.2, 0.25) is 0 Å². The van der Waals surface area contributed by atoms with Crippen LogP contribution in [0.4, 0.5) is 0 Å². The number of benzene rings is 1. The number of aryl methyl sites for hydroxylation is 1. The fraction of sp³-hybridized carbons (Fsp3) is 0.650. The van der Waals surface area contributed by atoms with Crippen LogP contribution in [0.1, 0.15) is 56.6 Å². The van der Waals surface area contributed by atoms with Gasteiger partial charge in [-0.15, -0.1) is 0 Å². The van der Waals surface area contributed by atoms with Crippen molar-refractivity contribution in [3.05, 3.63) is 29.3 Å². The van der Waals surface area contributed by atoms with Crippen LogP contribution in [0.15, 0.2) is 18.2 Å². The van der Waals surface area contributed by atoms with Gasteiger partial charge >= 0.3 is 0 Å². The van der Waals surface area contributed by atoms with Crippen LogP contribution in [0.2, 0.25) is 0 Å². The highest BCUT2D eigenvalue weighted by atomic mass is 16.3. The Morgan fingerprint density at radius 2 is 2.04 bits per heavy atom. The van der Waals surface area contributed by atoms with Crippen LogP contribution in [0.25, 0.3) is 0 Å². The van der Waals surface area contributed by atoms with Gasteiger partial charge in [-0.1, -0.05) is 13.0 Å². The van der Waals surface area contributed by atoms with E-state index in [0.717, 1.165) is 32.1 Å². The highest BCUT2D eigenvalue weighted by Gasteiger charge is 2.58. The molecular formula is C20H26O3.